The first-order valence-electron chi connectivity index (χ1n) is 7.94. The SMILES string of the molecule is CC1(C)CN=C(SCC(=O)N(Cc2ccccc2)CC(F)(F)F)NC1. The lowest BCUT2D eigenvalue weighted by molar-refractivity contribution is -0.160. The van der Waals surface area contributed by atoms with Gasteiger partial charge in [0.05, 0.1) is 5.75 Å². The molecule has 0 fully saturated rings. The summed E-state index contributed by atoms with van der Waals surface area (Å²) in [7, 11) is 0. The molecule has 0 unspecified atom stereocenters. The third-order valence-corrected chi connectivity index (χ3v) is 4.58. The molecule has 8 heteroatoms. The summed E-state index contributed by atoms with van der Waals surface area (Å²) >= 11 is 1.15. The van der Waals surface area contributed by atoms with Crippen LogP contribution in [0.3, 0.4) is 0 Å². The minimum absolute atomic E-state index is 0.0453. The predicted octanol–water partition coefficient (Wildman–Crippen LogP) is 3.30. The molecule has 1 aliphatic rings. The minimum Gasteiger partial charge on any atom is -0.364 e. The van der Waals surface area contributed by atoms with Gasteiger partial charge in [0.2, 0.25) is 5.91 Å². The summed E-state index contributed by atoms with van der Waals surface area (Å²) in [4.78, 5) is 17.5. The zero-order chi connectivity index (χ0) is 18.5. The van der Waals surface area contributed by atoms with Crippen LogP contribution in [0.4, 0.5) is 13.2 Å². The Bertz CT molecular complexity index is 617. The third kappa shape index (κ3) is 6.97. The number of thioether (sulfide) groups is 1. The number of nitrogens with zero attached hydrogens (tertiary/aromatic N) is 2. The number of benzene rings is 1. The molecule has 1 aromatic rings. The van der Waals surface area contributed by atoms with Crippen molar-refractivity contribution in [1.82, 2.24) is 10.2 Å². The number of hydrogen-bond acceptors (Lipinski definition) is 4. The monoisotopic (exact) mass is 373 g/mol. The molecule has 0 saturated carbocycles. The number of carbonyl (C=O) groups excluding carboxylic acids is 1. The van der Waals surface area contributed by atoms with Crippen molar-refractivity contribution in [1.29, 1.82) is 0 Å². The summed E-state index contributed by atoms with van der Waals surface area (Å²) in [5.74, 6) is -0.629. The Morgan fingerprint density at radius 1 is 1.32 bits per heavy atom. The van der Waals surface area contributed by atoms with E-state index in [9.17, 15) is 18.0 Å². The highest BCUT2D eigenvalue weighted by molar-refractivity contribution is 8.14. The van der Waals surface area contributed by atoms with Gasteiger partial charge in [0.1, 0.15) is 6.54 Å². The predicted molar refractivity (Wildman–Crippen MR) is 94.5 cm³/mol. The second-order valence-electron chi connectivity index (χ2n) is 6.78. The Labute approximate surface area is 149 Å². The van der Waals surface area contributed by atoms with Crippen LogP contribution in [0.25, 0.3) is 0 Å². The summed E-state index contributed by atoms with van der Waals surface area (Å²) in [6, 6.07) is 8.67. The highest BCUT2D eigenvalue weighted by Crippen LogP contribution is 2.21. The molecule has 0 radical (unpaired) electrons. The summed E-state index contributed by atoms with van der Waals surface area (Å²) in [6.45, 7) is 4.18. The van der Waals surface area contributed by atoms with Crippen LogP contribution in [0.5, 0.6) is 0 Å². The summed E-state index contributed by atoms with van der Waals surface area (Å²) in [5.41, 5.74) is 0.712. The fourth-order valence-electron chi connectivity index (χ4n) is 2.28. The fourth-order valence-corrected chi connectivity index (χ4v) is 3.06. The van der Waals surface area contributed by atoms with E-state index in [0.717, 1.165) is 23.2 Å². The number of amides is 1. The molecular formula is C17H22F3N3OS. The average molecular weight is 373 g/mol. The van der Waals surface area contributed by atoms with Gasteiger partial charge in [0.15, 0.2) is 5.17 Å². The van der Waals surface area contributed by atoms with Crippen molar-refractivity contribution in [2.45, 2.75) is 26.6 Å². The molecule has 25 heavy (non-hydrogen) atoms. The smallest absolute Gasteiger partial charge is 0.364 e. The van der Waals surface area contributed by atoms with Crippen LogP contribution in [-0.2, 0) is 11.3 Å². The Kier molecular flexibility index (Phi) is 6.37. The third-order valence-electron chi connectivity index (χ3n) is 3.64. The minimum atomic E-state index is -4.43. The van der Waals surface area contributed by atoms with Crippen LogP contribution in [0.1, 0.15) is 19.4 Å². The van der Waals surface area contributed by atoms with Crippen molar-refractivity contribution in [3.05, 3.63) is 35.9 Å². The van der Waals surface area contributed by atoms with Crippen LogP contribution in [0.2, 0.25) is 0 Å². The second-order valence-corrected chi connectivity index (χ2v) is 7.74. The lowest BCUT2D eigenvalue weighted by Crippen LogP contribution is -2.42. The molecule has 0 aliphatic carbocycles. The van der Waals surface area contributed by atoms with Gasteiger partial charge in [-0.25, -0.2) is 0 Å². The van der Waals surface area contributed by atoms with Gasteiger partial charge >= 0.3 is 6.18 Å². The molecule has 2 rings (SSSR count). The molecule has 1 aromatic carbocycles. The Morgan fingerprint density at radius 2 is 2.00 bits per heavy atom. The number of rotatable bonds is 5. The molecule has 0 saturated heterocycles. The van der Waals surface area contributed by atoms with Gasteiger partial charge in [0, 0.05) is 25.0 Å². The normalized spacial score (nSPS) is 16.8. The van der Waals surface area contributed by atoms with E-state index in [1.165, 1.54) is 0 Å². The van der Waals surface area contributed by atoms with E-state index < -0.39 is 18.6 Å². The molecule has 1 amide bonds. The van der Waals surface area contributed by atoms with E-state index in [2.05, 4.69) is 24.2 Å². The number of halogens is 3. The Hall–Kier alpha value is -1.70. The van der Waals surface area contributed by atoms with E-state index in [1.807, 2.05) is 0 Å². The first kappa shape index (κ1) is 19.6. The van der Waals surface area contributed by atoms with Crippen LogP contribution in [-0.4, -0.2) is 47.5 Å². The Balaban J connectivity index is 1.96. The summed E-state index contributed by atoms with van der Waals surface area (Å²) in [5, 5.41) is 3.73. The van der Waals surface area contributed by atoms with Gasteiger partial charge in [-0.15, -0.1) is 0 Å². The first-order valence-corrected chi connectivity index (χ1v) is 8.93. The largest absolute Gasteiger partial charge is 0.406 e. The van der Waals surface area contributed by atoms with E-state index in [0.29, 0.717) is 17.3 Å². The van der Waals surface area contributed by atoms with Gasteiger partial charge in [0.25, 0.3) is 0 Å². The lowest BCUT2D eigenvalue weighted by Gasteiger charge is -2.29. The summed E-state index contributed by atoms with van der Waals surface area (Å²) < 4.78 is 38.4. The number of hydrogen-bond donors (Lipinski definition) is 1. The quantitative estimate of drug-likeness (QED) is 0.861. The van der Waals surface area contributed by atoms with Crippen molar-refractivity contribution < 1.29 is 18.0 Å². The van der Waals surface area contributed by atoms with Gasteiger partial charge in [-0.1, -0.05) is 55.9 Å². The van der Waals surface area contributed by atoms with Crippen molar-refractivity contribution in [3.63, 3.8) is 0 Å². The zero-order valence-corrected chi connectivity index (χ0v) is 15.1. The van der Waals surface area contributed by atoms with Gasteiger partial charge in [-0.05, 0) is 5.56 Å². The van der Waals surface area contributed by atoms with E-state index >= 15 is 0 Å². The number of carbonyl (C=O) groups is 1. The highest BCUT2D eigenvalue weighted by atomic mass is 32.2. The molecule has 0 atom stereocenters. The maximum Gasteiger partial charge on any atom is 0.406 e. The molecule has 1 aliphatic heterocycles. The van der Waals surface area contributed by atoms with Crippen LogP contribution < -0.4 is 5.32 Å². The number of alkyl halides is 3. The van der Waals surface area contributed by atoms with Crippen LogP contribution >= 0.6 is 11.8 Å². The summed E-state index contributed by atoms with van der Waals surface area (Å²) in [6.07, 6.45) is -4.43. The highest BCUT2D eigenvalue weighted by Gasteiger charge is 2.33. The molecule has 0 spiro atoms. The van der Waals surface area contributed by atoms with Gasteiger partial charge in [-0.2, -0.15) is 13.2 Å². The molecule has 0 aromatic heterocycles. The van der Waals surface area contributed by atoms with Gasteiger partial charge in [-0.3, -0.25) is 9.79 Å². The Morgan fingerprint density at radius 3 is 2.56 bits per heavy atom. The molecule has 1 N–H and O–H groups in total. The van der Waals surface area contributed by atoms with E-state index in [-0.39, 0.29) is 17.7 Å². The van der Waals surface area contributed by atoms with E-state index in [1.54, 1.807) is 30.3 Å². The van der Waals surface area contributed by atoms with Crippen molar-refractivity contribution in [2.75, 3.05) is 25.4 Å². The van der Waals surface area contributed by atoms with Crippen molar-refractivity contribution in [2.24, 2.45) is 10.4 Å². The van der Waals surface area contributed by atoms with Gasteiger partial charge < -0.3 is 10.2 Å². The fraction of sp³-hybridized carbons (Fsp3) is 0.529. The average Bonchev–Trinajstić information content (AvgIpc) is 2.52. The second kappa shape index (κ2) is 8.12. The standard InChI is InChI=1S/C17H22F3N3OS/c1-16(2)10-21-15(22-11-16)25-9-14(24)23(12-17(18,19)20)8-13-6-4-3-5-7-13/h3-7H,8-12H2,1-2H3,(H,21,22). The zero-order valence-electron chi connectivity index (χ0n) is 14.3. The topological polar surface area (TPSA) is 44.7 Å². The molecule has 0 bridgehead atoms. The number of aliphatic imine (C=N–C) groups is 1. The molecular weight excluding hydrogens is 351 g/mol. The van der Waals surface area contributed by atoms with Crippen LogP contribution in [0.15, 0.2) is 35.3 Å². The maximum absolute atomic E-state index is 12.8. The molecule has 4 nitrogen and oxygen atoms in total. The van der Waals surface area contributed by atoms with Crippen molar-refractivity contribution >= 4 is 22.8 Å². The maximum atomic E-state index is 12.8. The number of amidine groups is 1. The molecule has 1 heterocycles. The van der Waals surface area contributed by atoms with E-state index in [4.69, 9.17) is 0 Å². The van der Waals surface area contributed by atoms with Crippen molar-refractivity contribution in [3.8, 4) is 0 Å². The lowest BCUT2D eigenvalue weighted by atomic mass is 9.93. The number of nitrogens with one attached hydrogen (secondary N) is 1. The molecule has 138 valence electrons. The van der Waals surface area contributed by atoms with Crippen LogP contribution in [0, 0.1) is 5.41 Å². The first-order chi connectivity index (χ1) is 11.6.